The van der Waals surface area contributed by atoms with Crippen LogP contribution in [0.5, 0.6) is 0 Å². The van der Waals surface area contributed by atoms with E-state index in [1.807, 2.05) is 6.07 Å². The van der Waals surface area contributed by atoms with Gasteiger partial charge in [0.25, 0.3) is 0 Å². The molecule has 0 saturated heterocycles. The van der Waals surface area contributed by atoms with Gasteiger partial charge in [-0.05, 0) is 29.0 Å². The van der Waals surface area contributed by atoms with Crippen molar-refractivity contribution in [1.82, 2.24) is 0 Å². The molecule has 0 aliphatic rings. The van der Waals surface area contributed by atoms with E-state index in [1.165, 1.54) is 0 Å². The first-order valence-electron chi connectivity index (χ1n) is 4.05. The van der Waals surface area contributed by atoms with Crippen LogP contribution in [0.15, 0.2) is 30.3 Å². The van der Waals surface area contributed by atoms with Crippen molar-refractivity contribution in [2.75, 3.05) is 0 Å². The van der Waals surface area contributed by atoms with Crippen molar-refractivity contribution in [1.29, 1.82) is 0 Å². The van der Waals surface area contributed by atoms with Crippen LogP contribution in [0.1, 0.15) is 10.4 Å². The molecular weight excluding hydrogens is 219 g/mol. The Labute approximate surface area is 91.2 Å². The highest BCUT2D eigenvalue weighted by molar-refractivity contribution is 6.35. The summed E-state index contributed by atoms with van der Waals surface area (Å²) in [5.74, 6) is 0. The SMILES string of the molecule is O=Cc1c(Cl)ccc2cc(Cl)ccc12. The smallest absolute Gasteiger partial charge is 0.152 e. The van der Waals surface area contributed by atoms with E-state index in [1.54, 1.807) is 24.3 Å². The molecule has 0 atom stereocenters. The largest absolute Gasteiger partial charge is 0.298 e. The Morgan fingerprint density at radius 3 is 2.57 bits per heavy atom. The first kappa shape index (κ1) is 9.50. The second-order valence-corrected chi connectivity index (χ2v) is 3.79. The fourth-order valence-corrected chi connectivity index (χ4v) is 1.81. The van der Waals surface area contributed by atoms with Crippen LogP contribution in [0.3, 0.4) is 0 Å². The van der Waals surface area contributed by atoms with Crippen LogP contribution in [0, 0.1) is 0 Å². The van der Waals surface area contributed by atoms with Gasteiger partial charge in [0.15, 0.2) is 6.29 Å². The highest BCUT2D eigenvalue weighted by Gasteiger charge is 2.04. The zero-order chi connectivity index (χ0) is 10.1. The van der Waals surface area contributed by atoms with Gasteiger partial charge in [-0.25, -0.2) is 0 Å². The van der Waals surface area contributed by atoms with Crippen LogP contribution in [0.4, 0.5) is 0 Å². The van der Waals surface area contributed by atoms with Gasteiger partial charge < -0.3 is 0 Å². The van der Waals surface area contributed by atoms with Crippen LogP contribution in [0.2, 0.25) is 10.0 Å². The molecule has 0 aliphatic heterocycles. The van der Waals surface area contributed by atoms with Crippen LogP contribution in [-0.4, -0.2) is 6.29 Å². The quantitative estimate of drug-likeness (QED) is 0.671. The van der Waals surface area contributed by atoms with Gasteiger partial charge >= 0.3 is 0 Å². The highest BCUT2D eigenvalue weighted by Crippen LogP contribution is 2.26. The van der Waals surface area contributed by atoms with E-state index in [-0.39, 0.29) is 0 Å². The number of hydrogen-bond donors (Lipinski definition) is 0. The van der Waals surface area contributed by atoms with Crippen LogP contribution in [0.25, 0.3) is 10.8 Å². The number of fused-ring (bicyclic) bond motifs is 1. The van der Waals surface area contributed by atoms with E-state index < -0.39 is 0 Å². The molecule has 3 heteroatoms. The molecule has 2 rings (SSSR count). The van der Waals surface area contributed by atoms with Gasteiger partial charge in [0.05, 0.1) is 5.02 Å². The summed E-state index contributed by atoms with van der Waals surface area (Å²) >= 11 is 11.7. The Morgan fingerprint density at radius 1 is 1.07 bits per heavy atom. The summed E-state index contributed by atoms with van der Waals surface area (Å²) in [6, 6.07) is 8.89. The summed E-state index contributed by atoms with van der Waals surface area (Å²) < 4.78 is 0. The van der Waals surface area contributed by atoms with E-state index in [2.05, 4.69) is 0 Å². The van der Waals surface area contributed by atoms with Gasteiger partial charge in [0, 0.05) is 10.6 Å². The molecule has 0 heterocycles. The number of hydrogen-bond acceptors (Lipinski definition) is 1. The molecule has 0 unspecified atom stereocenters. The van der Waals surface area contributed by atoms with Gasteiger partial charge in [-0.2, -0.15) is 0 Å². The Bertz CT molecular complexity index is 506. The van der Waals surface area contributed by atoms with Gasteiger partial charge in [-0.15, -0.1) is 0 Å². The van der Waals surface area contributed by atoms with E-state index in [0.717, 1.165) is 17.1 Å². The van der Waals surface area contributed by atoms with Gasteiger partial charge in [0.2, 0.25) is 0 Å². The molecule has 2 aromatic carbocycles. The first-order valence-corrected chi connectivity index (χ1v) is 4.81. The lowest BCUT2D eigenvalue weighted by atomic mass is 10.1. The van der Waals surface area contributed by atoms with E-state index >= 15 is 0 Å². The molecule has 0 bridgehead atoms. The molecule has 0 N–H and O–H groups in total. The van der Waals surface area contributed by atoms with Crippen molar-refractivity contribution in [3.63, 3.8) is 0 Å². The summed E-state index contributed by atoms with van der Waals surface area (Å²) in [6.45, 7) is 0. The summed E-state index contributed by atoms with van der Waals surface area (Å²) in [7, 11) is 0. The summed E-state index contributed by atoms with van der Waals surface area (Å²) in [4.78, 5) is 10.8. The third kappa shape index (κ3) is 1.49. The molecule has 0 fully saturated rings. The van der Waals surface area contributed by atoms with Crippen molar-refractivity contribution >= 4 is 40.3 Å². The number of halogens is 2. The fourth-order valence-electron chi connectivity index (χ4n) is 1.42. The number of carbonyl (C=O) groups is 1. The molecule has 14 heavy (non-hydrogen) atoms. The van der Waals surface area contributed by atoms with Gasteiger partial charge in [0.1, 0.15) is 0 Å². The average molecular weight is 225 g/mol. The van der Waals surface area contributed by atoms with Crippen molar-refractivity contribution in [2.24, 2.45) is 0 Å². The van der Waals surface area contributed by atoms with Crippen LogP contribution >= 0.6 is 23.2 Å². The Morgan fingerprint density at radius 2 is 1.86 bits per heavy atom. The van der Waals surface area contributed by atoms with Crippen molar-refractivity contribution in [3.05, 3.63) is 45.9 Å². The summed E-state index contributed by atoms with van der Waals surface area (Å²) in [5, 5.41) is 2.87. The minimum absolute atomic E-state index is 0.467. The summed E-state index contributed by atoms with van der Waals surface area (Å²) in [5.41, 5.74) is 0.515. The molecule has 70 valence electrons. The zero-order valence-electron chi connectivity index (χ0n) is 7.13. The lowest BCUT2D eigenvalue weighted by molar-refractivity contribution is 0.112. The molecule has 0 aliphatic carbocycles. The predicted molar refractivity (Wildman–Crippen MR) is 59.4 cm³/mol. The second kappa shape index (κ2) is 3.60. The van der Waals surface area contributed by atoms with E-state index in [0.29, 0.717) is 15.6 Å². The number of rotatable bonds is 1. The minimum atomic E-state index is 0.467. The number of carbonyl (C=O) groups excluding carboxylic acids is 1. The number of benzene rings is 2. The monoisotopic (exact) mass is 224 g/mol. The molecule has 0 spiro atoms. The fraction of sp³-hybridized carbons (Fsp3) is 0. The predicted octanol–water partition coefficient (Wildman–Crippen LogP) is 3.96. The summed E-state index contributed by atoms with van der Waals surface area (Å²) in [6.07, 6.45) is 0.762. The van der Waals surface area contributed by atoms with Crippen molar-refractivity contribution < 1.29 is 4.79 Å². The standard InChI is InChI=1S/C11H6Cl2O/c12-8-2-3-9-7(5-8)1-4-11(13)10(9)6-14/h1-6H. The maximum absolute atomic E-state index is 10.8. The molecule has 0 aromatic heterocycles. The van der Waals surface area contributed by atoms with Gasteiger partial charge in [-0.1, -0.05) is 35.3 Å². The van der Waals surface area contributed by atoms with Crippen molar-refractivity contribution in [2.45, 2.75) is 0 Å². The highest BCUT2D eigenvalue weighted by atomic mass is 35.5. The van der Waals surface area contributed by atoms with E-state index in [4.69, 9.17) is 23.2 Å². The number of aldehydes is 1. The second-order valence-electron chi connectivity index (χ2n) is 2.94. The Balaban J connectivity index is 2.88. The lowest BCUT2D eigenvalue weighted by Gasteiger charge is -2.03. The minimum Gasteiger partial charge on any atom is -0.298 e. The molecule has 1 nitrogen and oxygen atoms in total. The van der Waals surface area contributed by atoms with Crippen molar-refractivity contribution in [3.8, 4) is 0 Å². The Hall–Kier alpha value is -1.05. The molecular formula is C11H6Cl2O. The topological polar surface area (TPSA) is 17.1 Å². The lowest BCUT2D eigenvalue weighted by Crippen LogP contribution is -1.85. The maximum Gasteiger partial charge on any atom is 0.152 e. The zero-order valence-corrected chi connectivity index (χ0v) is 8.64. The maximum atomic E-state index is 10.8. The first-order chi connectivity index (χ1) is 6.72. The molecule has 2 aromatic rings. The average Bonchev–Trinajstić information content (AvgIpc) is 2.18. The van der Waals surface area contributed by atoms with Gasteiger partial charge in [-0.3, -0.25) is 4.79 Å². The molecule has 0 saturated carbocycles. The van der Waals surface area contributed by atoms with Crippen LogP contribution in [-0.2, 0) is 0 Å². The Kier molecular flexibility index (Phi) is 2.44. The molecule has 0 amide bonds. The van der Waals surface area contributed by atoms with Crippen LogP contribution < -0.4 is 0 Å². The third-order valence-electron chi connectivity index (χ3n) is 2.09. The normalized spacial score (nSPS) is 10.4. The van der Waals surface area contributed by atoms with E-state index in [9.17, 15) is 4.79 Å². The third-order valence-corrected chi connectivity index (χ3v) is 2.65. The molecule has 0 radical (unpaired) electrons.